The predicted molar refractivity (Wildman–Crippen MR) is 111 cm³/mol. The predicted octanol–water partition coefficient (Wildman–Crippen LogP) is 3.68. The minimum absolute atomic E-state index is 0.498. The Kier molecular flexibility index (Phi) is 8.46. The molecular formula is C23H30O6. The number of hydrogen-bond donors (Lipinski definition) is 0. The van der Waals surface area contributed by atoms with E-state index < -0.39 is 0 Å². The molecule has 0 saturated carbocycles. The van der Waals surface area contributed by atoms with Gasteiger partial charge in [-0.2, -0.15) is 0 Å². The summed E-state index contributed by atoms with van der Waals surface area (Å²) in [4.78, 5) is 0. The van der Waals surface area contributed by atoms with Crippen molar-refractivity contribution in [3.05, 3.63) is 47.5 Å². The molecule has 2 aromatic rings. The highest BCUT2D eigenvalue weighted by Crippen LogP contribution is 2.28. The van der Waals surface area contributed by atoms with Gasteiger partial charge < -0.3 is 28.4 Å². The van der Waals surface area contributed by atoms with E-state index in [0.717, 1.165) is 53.4 Å². The summed E-state index contributed by atoms with van der Waals surface area (Å²) in [6, 6.07) is 11.9. The Morgan fingerprint density at radius 2 is 1.07 bits per heavy atom. The molecule has 6 nitrogen and oxygen atoms in total. The van der Waals surface area contributed by atoms with Crippen LogP contribution >= 0.6 is 0 Å². The third kappa shape index (κ3) is 6.54. The first-order valence-electron chi connectivity index (χ1n) is 10.0. The number of aryl methyl sites for hydroxylation is 2. The summed E-state index contributed by atoms with van der Waals surface area (Å²) in [5, 5.41) is 0. The first-order valence-corrected chi connectivity index (χ1v) is 10.0. The van der Waals surface area contributed by atoms with E-state index in [0.29, 0.717) is 39.6 Å². The van der Waals surface area contributed by atoms with Gasteiger partial charge in [0, 0.05) is 0 Å². The van der Waals surface area contributed by atoms with Gasteiger partial charge in [0.2, 0.25) is 0 Å². The molecule has 4 bridgehead atoms. The lowest BCUT2D eigenvalue weighted by Crippen LogP contribution is -2.13. The van der Waals surface area contributed by atoms with Gasteiger partial charge in [-0.3, -0.25) is 0 Å². The quantitative estimate of drug-likeness (QED) is 0.764. The third-order valence-electron chi connectivity index (χ3n) is 4.76. The van der Waals surface area contributed by atoms with Crippen molar-refractivity contribution < 1.29 is 28.4 Å². The number of hydrogen-bond acceptors (Lipinski definition) is 6. The Hall–Kier alpha value is -2.44. The van der Waals surface area contributed by atoms with Crippen molar-refractivity contribution in [3.8, 4) is 23.0 Å². The molecule has 29 heavy (non-hydrogen) atoms. The highest BCUT2D eigenvalue weighted by atomic mass is 16.6. The van der Waals surface area contributed by atoms with Gasteiger partial charge in [0.15, 0.2) is 0 Å². The molecule has 0 atom stereocenters. The molecule has 0 unspecified atom stereocenters. The van der Waals surface area contributed by atoms with E-state index in [1.165, 1.54) is 0 Å². The topological polar surface area (TPSA) is 55.4 Å². The van der Waals surface area contributed by atoms with Gasteiger partial charge in [-0.05, 0) is 66.8 Å². The Labute approximate surface area is 172 Å². The minimum Gasteiger partial charge on any atom is -0.496 e. The van der Waals surface area contributed by atoms with Crippen LogP contribution in [-0.2, 0) is 22.3 Å². The van der Waals surface area contributed by atoms with E-state index in [1.807, 2.05) is 36.4 Å². The van der Waals surface area contributed by atoms with Crippen molar-refractivity contribution >= 4 is 0 Å². The van der Waals surface area contributed by atoms with Crippen LogP contribution in [0.3, 0.4) is 0 Å². The molecule has 3 rings (SSSR count). The zero-order valence-corrected chi connectivity index (χ0v) is 17.3. The zero-order chi connectivity index (χ0) is 20.3. The van der Waals surface area contributed by atoms with Crippen molar-refractivity contribution in [3.63, 3.8) is 0 Å². The molecule has 1 heterocycles. The smallest absolute Gasteiger partial charge is 0.122 e. The van der Waals surface area contributed by atoms with Gasteiger partial charge in [-0.1, -0.05) is 0 Å². The van der Waals surface area contributed by atoms with Crippen molar-refractivity contribution in [1.82, 2.24) is 0 Å². The lowest BCUT2D eigenvalue weighted by Gasteiger charge is -2.13. The summed E-state index contributed by atoms with van der Waals surface area (Å²) in [7, 11) is 3.39. The fourth-order valence-corrected chi connectivity index (χ4v) is 3.31. The minimum atomic E-state index is 0.498. The summed E-state index contributed by atoms with van der Waals surface area (Å²) in [6.45, 7) is 3.10. The molecule has 0 spiro atoms. The van der Waals surface area contributed by atoms with E-state index in [1.54, 1.807) is 14.2 Å². The Morgan fingerprint density at radius 1 is 0.621 bits per heavy atom. The zero-order valence-electron chi connectivity index (χ0n) is 17.3. The molecule has 0 N–H and O–H groups in total. The van der Waals surface area contributed by atoms with Crippen molar-refractivity contribution in [1.29, 1.82) is 0 Å². The summed E-state index contributed by atoms with van der Waals surface area (Å²) < 4.78 is 33.8. The molecule has 0 aliphatic carbocycles. The van der Waals surface area contributed by atoms with Crippen molar-refractivity contribution in [2.45, 2.75) is 19.3 Å². The van der Waals surface area contributed by atoms with Gasteiger partial charge in [0.25, 0.3) is 0 Å². The van der Waals surface area contributed by atoms with Gasteiger partial charge >= 0.3 is 0 Å². The van der Waals surface area contributed by atoms with E-state index in [9.17, 15) is 0 Å². The molecule has 0 radical (unpaired) electrons. The van der Waals surface area contributed by atoms with Crippen LogP contribution < -0.4 is 18.9 Å². The van der Waals surface area contributed by atoms with Crippen LogP contribution in [0.25, 0.3) is 0 Å². The Morgan fingerprint density at radius 3 is 1.52 bits per heavy atom. The molecule has 0 amide bonds. The van der Waals surface area contributed by atoms with E-state index in [-0.39, 0.29) is 0 Å². The third-order valence-corrected chi connectivity index (χ3v) is 4.76. The van der Waals surface area contributed by atoms with Crippen LogP contribution in [0.2, 0.25) is 0 Å². The maximum absolute atomic E-state index is 5.82. The normalized spacial score (nSPS) is 16.3. The van der Waals surface area contributed by atoms with Crippen molar-refractivity contribution in [2.75, 3.05) is 53.9 Å². The monoisotopic (exact) mass is 402 g/mol. The van der Waals surface area contributed by atoms with Gasteiger partial charge in [-0.15, -0.1) is 0 Å². The molecule has 1 aliphatic rings. The van der Waals surface area contributed by atoms with Crippen LogP contribution in [-0.4, -0.2) is 53.9 Å². The molecule has 0 fully saturated rings. The molecule has 2 aromatic carbocycles. The van der Waals surface area contributed by atoms with Crippen LogP contribution in [0.15, 0.2) is 36.4 Å². The number of benzene rings is 2. The van der Waals surface area contributed by atoms with E-state index in [2.05, 4.69) is 0 Å². The van der Waals surface area contributed by atoms with E-state index >= 15 is 0 Å². The highest BCUT2D eigenvalue weighted by Gasteiger charge is 2.09. The van der Waals surface area contributed by atoms with Gasteiger partial charge in [-0.25, -0.2) is 0 Å². The van der Waals surface area contributed by atoms with Crippen LogP contribution in [0.1, 0.15) is 17.5 Å². The second-order valence-corrected chi connectivity index (χ2v) is 6.72. The average molecular weight is 402 g/mol. The highest BCUT2D eigenvalue weighted by molar-refractivity contribution is 5.42. The largest absolute Gasteiger partial charge is 0.496 e. The number of methoxy groups -OCH3 is 2. The van der Waals surface area contributed by atoms with Crippen LogP contribution in [0.4, 0.5) is 0 Å². The summed E-state index contributed by atoms with van der Waals surface area (Å²) in [5.74, 6) is 3.40. The Balaban J connectivity index is 1.74. The molecule has 0 aromatic heterocycles. The maximum Gasteiger partial charge on any atom is 0.122 e. The standard InChI is InChI=1S/C23H30O6/c1-24-22-8-6-20-16-18(22)4-3-5-19-17-21(7-9-23(19)25-2)29-15-13-27-11-10-26-12-14-28-20/h6-9,16-17H,3-5,10-15H2,1-2H3. The summed E-state index contributed by atoms with van der Waals surface area (Å²) in [5.41, 5.74) is 2.26. The lowest BCUT2D eigenvalue weighted by molar-refractivity contribution is 0.0273. The second kappa shape index (κ2) is 11.5. The molecule has 158 valence electrons. The number of ether oxygens (including phenoxy) is 6. The summed E-state index contributed by atoms with van der Waals surface area (Å²) >= 11 is 0. The fraction of sp³-hybridized carbons (Fsp3) is 0.478. The lowest BCUT2D eigenvalue weighted by atomic mass is 10.0. The van der Waals surface area contributed by atoms with Crippen LogP contribution in [0, 0.1) is 0 Å². The number of rotatable bonds is 2. The molecule has 6 heteroatoms. The van der Waals surface area contributed by atoms with Gasteiger partial charge in [0.1, 0.15) is 36.2 Å². The molecule has 0 saturated heterocycles. The first-order chi connectivity index (χ1) is 14.3. The molecule has 1 aliphatic heterocycles. The average Bonchev–Trinajstić information content (AvgIpc) is 2.75. The van der Waals surface area contributed by atoms with Gasteiger partial charge in [0.05, 0.1) is 40.6 Å². The van der Waals surface area contributed by atoms with E-state index in [4.69, 9.17) is 28.4 Å². The van der Waals surface area contributed by atoms with Crippen molar-refractivity contribution in [2.24, 2.45) is 0 Å². The molecular weight excluding hydrogens is 372 g/mol. The Bertz CT molecular complexity index is 698. The fourth-order valence-electron chi connectivity index (χ4n) is 3.31. The summed E-state index contributed by atoms with van der Waals surface area (Å²) in [6.07, 6.45) is 2.70. The first kappa shape index (κ1) is 21.3. The second-order valence-electron chi connectivity index (χ2n) is 6.72. The number of fused-ring (bicyclic) bond motifs is 4. The van der Waals surface area contributed by atoms with Crippen LogP contribution in [0.5, 0.6) is 23.0 Å². The maximum atomic E-state index is 5.82. The SMILES string of the molecule is COc1ccc2cc1CCCc1cc(ccc1OC)OCCOCCOCCO2.